The Morgan fingerprint density at radius 1 is 1.00 bits per heavy atom. The van der Waals surface area contributed by atoms with E-state index in [0.717, 1.165) is 0 Å². The molecule has 1 saturated carbocycles. The summed E-state index contributed by atoms with van der Waals surface area (Å²) in [7, 11) is 0. The highest BCUT2D eigenvalue weighted by Gasteiger charge is 2.24. The number of nitrogens with zero attached hydrogens (tertiary/aromatic N) is 2. The molecule has 0 unspecified atom stereocenters. The van der Waals surface area contributed by atoms with Crippen LogP contribution < -0.4 is 0 Å². The second-order valence-corrected chi connectivity index (χ2v) is 7.23. The number of thioether (sulfide) groups is 1. The minimum atomic E-state index is 0.610. The number of rotatable bonds is 3. The molecule has 0 amide bonds. The van der Waals surface area contributed by atoms with Crippen LogP contribution in [0.15, 0.2) is 53.6 Å². The van der Waals surface area contributed by atoms with E-state index >= 15 is 0 Å². The van der Waals surface area contributed by atoms with Crippen LogP contribution in [0, 0.1) is 0 Å². The lowest BCUT2D eigenvalue weighted by atomic mass is 9.84. The second kappa shape index (κ2) is 6.40. The van der Waals surface area contributed by atoms with Crippen molar-refractivity contribution in [3.05, 3.63) is 54.4 Å². The first-order valence-electron chi connectivity index (χ1n) is 8.48. The lowest BCUT2D eigenvalue weighted by Crippen LogP contribution is -2.06. The minimum Gasteiger partial charge on any atom is -0.240 e. The topological polar surface area (TPSA) is 17.3 Å². The molecule has 0 N–H and O–H groups in total. The number of pyridine rings is 1. The van der Waals surface area contributed by atoms with Crippen molar-refractivity contribution in [1.82, 2.24) is 9.61 Å². The fourth-order valence-corrected chi connectivity index (χ4v) is 4.14. The van der Waals surface area contributed by atoms with E-state index < -0.39 is 0 Å². The lowest BCUT2D eigenvalue weighted by molar-refractivity contribution is 0.436. The number of hydrogen-bond acceptors (Lipinski definition) is 2. The number of aromatic nitrogens is 2. The monoisotopic (exact) mass is 322 g/mol. The summed E-state index contributed by atoms with van der Waals surface area (Å²) in [6.07, 6.45) is 10.8. The first-order valence-corrected chi connectivity index (χ1v) is 9.71. The van der Waals surface area contributed by atoms with E-state index in [2.05, 4.69) is 59.4 Å². The Labute approximate surface area is 141 Å². The zero-order valence-corrected chi connectivity index (χ0v) is 14.4. The zero-order valence-electron chi connectivity index (χ0n) is 13.5. The first-order chi connectivity index (χ1) is 11.4. The molecule has 1 aliphatic carbocycles. The summed E-state index contributed by atoms with van der Waals surface area (Å²) >= 11 is 1.79. The average molecular weight is 322 g/mol. The van der Waals surface area contributed by atoms with E-state index in [1.54, 1.807) is 11.8 Å². The summed E-state index contributed by atoms with van der Waals surface area (Å²) in [5.74, 6) is 0.610. The van der Waals surface area contributed by atoms with Crippen LogP contribution in [0.3, 0.4) is 0 Å². The second-order valence-electron chi connectivity index (χ2n) is 6.35. The predicted molar refractivity (Wildman–Crippen MR) is 98.2 cm³/mol. The van der Waals surface area contributed by atoms with Gasteiger partial charge in [0, 0.05) is 22.6 Å². The molecule has 1 fully saturated rings. The maximum absolute atomic E-state index is 4.97. The van der Waals surface area contributed by atoms with Gasteiger partial charge in [0.15, 0.2) is 0 Å². The van der Waals surface area contributed by atoms with E-state index in [9.17, 15) is 0 Å². The van der Waals surface area contributed by atoms with Gasteiger partial charge in [-0.3, -0.25) is 0 Å². The van der Waals surface area contributed by atoms with Gasteiger partial charge in [0.25, 0.3) is 0 Å². The Bertz CT molecular complexity index is 798. The van der Waals surface area contributed by atoms with Crippen LogP contribution in [0.25, 0.3) is 16.6 Å². The lowest BCUT2D eigenvalue weighted by Gasteiger charge is -2.21. The maximum Gasteiger partial charge on any atom is 0.0744 e. The van der Waals surface area contributed by atoms with Gasteiger partial charge in [-0.2, -0.15) is 5.10 Å². The highest BCUT2D eigenvalue weighted by molar-refractivity contribution is 7.98. The van der Waals surface area contributed by atoms with Gasteiger partial charge in [-0.1, -0.05) is 37.5 Å². The summed E-state index contributed by atoms with van der Waals surface area (Å²) in [6.45, 7) is 0. The number of hydrogen-bond donors (Lipinski definition) is 0. The quantitative estimate of drug-likeness (QED) is 0.569. The smallest absolute Gasteiger partial charge is 0.0744 e. The van der Waals surface area contributed by atoms with Crippen molar-refractivity contribution in [1.29, 1.82) is 0 Å². The molecule has 0 bridgehead atoms. The van der Waals surface area contributed by atoms with Gasteiger partial charge in [0.05, 0.1) is 11.2 Å². The van der Waals surface area contributed by atoms with Crippen LogP contribution in [0.2, 0.25) is 0 Å². The molecule has 0 atom stereocenters. The first kappa shape index (κ1) is 14.8. The molecule has 2 heterocycles. The molecule has 1 aliphatic rings. The average Bonchev–Trinajstić information content (AvgIpc) is 3.02. The Kier molecular flexibility index (Phi) is 4.13. The molecular formula is C20H22N2S. The van der Waals surface area contributed by atoms with Crippen LogP contribution in [0.1, 0.15) is 43.7 Å². The van der Waals surface area contributed by atoms with Crippen molar-refractivity contribution in [3.63, 3.8) is 0 Å². The third kappa shape index (κ3) is 2.78. The van der Waals surface area contributed by atoms with Gasteiger partial charge in [0.1, 0.15) is 0 Å². The van der Waals surface area contributed by atoms with Crippen molar-refractivity contribution in [2.75, 3.05) is 6.26 Å². The van der Waals surface area contributed by atoms with Crippen molar-refractivity contribution < 1.29 is 0 Å². The number of benzene rings is 1. The Balaban J connectivity index is 1.87. The SMILES string of the molecule is CSc1ccc(-c2c(C3CCCCC3)nn3ccccc23)cc1. The van der Waals surface area contributed by atoms with E-state index in [1.165, 1.54) is 59.3 Å². The molecule has 23 heavy (non-hydrogen) atoms. The molecule has 3 aromatic rings. The minimum absolute atomic E-state index is 0.610. The Morgan fingerprint density at radius 2 is 1.78 bits per heavy atom. The maximum atomic E-state index is 4.97. The van der Waals surface area contributed by atoms with Crippen molar-refractivity contribution in [3.8, 4) is 11.1 Å². The summed E-state index contributed by atoms with van der Waals surface area (Å²) in [4.78, 5) is 1.31. The Hall–Kier alpha value is -1.74. The summed E-state index contributed by atoms with van der Waals surface area (Å²) in [5.41, 5.74) is 5.16. The summed E-state index contributed by atoms with van der Waals surface area (Å²) in [5, 5.41) is 4.97. The standard InChI is InChI=1S/C20H22N2S/c1-23-17-12-10-15(11-13-17)19-18-9-5-6-14-22(18)21-20(19)16-7-3-2-4-8-16/h5-6,9-14,16H,2-4,7-8H2,1H3. The highest BCUT2D eigenvalue weighted by atomic mass is 32.2. The van der Waals surface area contributed by atoms with Crippen LogP contribution >= 0.6 is 11.8 Å². The molecule has 0 saturated heterocycles. The van der Waals surface area contributed by atoms with E-state index in [0.29, 0.717) is 5.92 Å². The third-order valence-corrected chi connectivity index (χ3v) is 5.68. The van der Waals surface area contributed by atoms with Gasteiger partial charge < -0.3 is 0 Å². The molecule has 0 aliphatic heterocycles. The normalized spacial score (nSPS) is 16.0. The fourth-order valence-electron chi connectivity index (χ4n) is 3.73. The van der Waals surface area contributed by atoms with Crippen molar-refractivity contribution in [2.45, 2.75) is 42.9 Å². The Morgan fingerprint density at radius 3 is 2.52 bits per heavy atom. The van der Waals surface area contributed by atoms with Gasteiger partial charge in [-0.15, -0.1) is 11.8 Å². The van der Waals surface area contributed by atoms with Crippen LogP contribution in [0.4, 0.5) is 0 Å². The van der Waals surface area contributed by atoms with Gasteiger partial charge >= 0.3 is 0 Å². The molecule has 0 radical (unpaired) electrons. The zero-order chi connectivity index (χ0) is 15.6. The summed E-state index contributed by atoms with van der Waals surface area (Å²) < 4.78 is 2.06. The van der Waals surface area contributed by atoms with E-state index in [1.807, 2.05) is 0 Å². The van der Waals surface area contributed by atoms with Crippen molar-refractivity contribution >= 4 is 17.3 Å². The van der Waals surface area contributed by atoms with E-state index in [-0.39, 0.29) is 0 Å². The van der Waals surface area contributed by atoms with Gasteiger partial charge in [-0.25, -0.2) is 4.52 Å². The molecule has 1 aromatic carbocycles. The molecule has 118 valence electrons. The fraction of sp³-hybridized carbons (Fsp3) is 0.350. The van der Waals surface area contributed by atoms with Gasteiger partial charge in [0.2, 0.25) is 0 Å². The van der Waals surface area contributed by atoms with Crippen molar-refractivity contribution in [2.24, 2.45) is 0 Å². The van der Waals surface area contributed by atoms with Crippen LogP contribution in [-0.2, 0) is 0 Å². The van der Waals surface area contributed by atoms with E-state index in [4.69, 9.17) is 5.10 Å². The molecule has 0 spiro atoms. The third-order valence-electron chi connectivity index (χ3n) is 4.94. The molecule has 3 heteroatoms. The van der Waals surface area contributed by atoms with Crippen LogP contribution in [-0.4, -0.2) is 15.9 Å². The highest BCUT2D eigenvalue weighted by Crippen LogP contribution is 2.39. The predicted octanol–water partition coefficient (Wildman–Crippen LogP) is 5.77. The van der Waals surface area contributed by atoms with Gasteiger partial charge in [-0.05, 0) is 48.9 Å². The molecule has 4 rings (SSSR count). The summed E-state index contributed by atoms with van der Waals surface area (Å²) in [6, 6.07) is 15.3. The largest absolute Gasteiger partial charge is 0.240 e. The molecule has 2 nitrogen and oxygen atoms in total. The molecular weight excluding hydrogens is 300 g/mol. The molecule has 2 aromatic heterocycles. The van der Waals surface area contributed by atoms with Crippen LogP contribution in [0.5, 0.6) is 0 Å². The number of fused-ring (bicyclic) bond motifs is 1.